The summed E-state index contributed by atoms with van der Waals surface area (Å²) in [7, 11) is 1.48. The molecule has 3 N–H and O–H groups in total. The lowest BCUT2D eigenvalue weighted by atomic mass is 10.0. The van der Waals surface area contributed by atoms with Crippen molar-refractivity contribution >= 4 is 40.3 Å². The van der Waals surface area contributed by atoms with Gasteiger partial charge in [0.25, 0.3) is 0 Å². The normalized spacial score (nSPS) is 18.3. The molecule has 1 atom stereocenters. The van der Waals surface area contributed by atoms with E-state index in [1.807, 2.05) is 6.07 Å². The van der Waals surface area contributed by atoms with Gasteiger partial charge in [-0.1, -0.05) is 30.1 Å². The van der Waals surface area contributed by atoms with E-state index in [-0.39, 0.29) is 0 Å². The average molecular weight is 367 g/mol. The zero-order chi connectivity index (χ0) is 17.7. The minimum atomic E-state index is -1.07. The summed E-state index contributed by atoms with van der Waals surface area (Å²) in [5, 5.41) is 21.5. The maximum atomic E-state index is 10.8. The molecular weight excluding hydrogens is 350 g/mol. The highest BCUT2D eigenvalue weighted by Gasteiger charge is 2.23. The van der Waals surface area contributed by atoms with E-state index in [9.17, 15) is 9.90 Å². The van der Waals surface area contributed by atoms with Crippen molar-refractivity contribution < 1.29 is 24.5 Å². The second-order valence-electron chi connectivity index (χ2n) is 4.87. The van der Waals surface area contributed by atoms with E-state index in [0.29, 0.717) is 27.1 Å². The number of thiocarbonyl (C=S) groups is 1. The largest absolute Gasteiger partial charge is 0.493 e. The third-order valence-electron chi connectivity index (χ3n) is 3.12. The Bertz CT molecular complexity index is 702. The molecule has 0 aromatic heterocycles. The van der Waals surface area contributed by atoms with Gasteiger partial charge in [-0.2, -0.15) is 0 Å². The van der Waals surface area contributed by atoms with Gasteiger partial charge in [-0.3, -0.25) is 0 Å². The Morgan fingerprint density at radius 1 is 1.54 bits per heavy atom. The number of nitrogens with one attached hydrogen (secondary N) is 1. The zero-order valence-electron chi connectivity index (χ0n) is 12.9. The van der Waals surface area contributed by atoms with Crippen LogP contribution in [0.1, 0.15) is 11.1 Å². The number of methoxy groups -OCH3 is 1. The number of hydrogen-bond acceptors (Lipinski definition) is 6. The molecule has 0 aliphatic carbocycles. The molecule has 1 heterocycles. The van der Waals surface area contributed by atoms with Crippen molar-refractivity contribution in [3.05, 3.63) is 40.8 Å². The molecule has 0 saturated carbocycles. The molecular formula is C16H17NO5S2. The fraction of sp³-hybridized carbons (Fsp3) is 0.250. The molecule has 6 nitrogen and oxygen atoms in total. The van der Waals surface area contributed by atoms with Crippen LogP contribution in [0.3, 0.4) is 0 Å². The van der Waals surface area contributed by atoms with Crippen molar-refractivity contribution in [3.8, 4) is 11.5 Å². The molecule has 0 amide bonds. The predicted octanol–water partition coefficient (Wildman–Crippen LogP) is 2.17. The van der Waals surface area contributed by atoms with Crippen molar-refractivity contribution in [2.24, 2.45) is 0 Å². The van der Waals surface area contributed by atoms with Crippen LogP contribution in [0.15, 0.2) is 29.7 Å². The number of rotatable bonds is 7. The quantitative estimate of drug-likeness (QED) is 0.499. The Morgan fingerprint density at radius 3 is 2.83 bits per heavy atom. The van der Waals surface area contributed by atoms with Gasteiger partial charge >= 0.3 is 5.97 Å². The van der Waals surface area contributed by atoms with Crippen molar-refractivity contribution in [2.75, 3.05) is 13.7 Å². The summed E-state index contributed by atoms with van der Waals surface area (Å²) in [6.07, 6.45) is 3.13. The Kier molecular flexibility index (Phi) is 6.24. The molecule has 24 heavy (non-hydrogen) atoms. The third kappa shape index (κ3) is 4.50. The first-order valence-electron chi connectivity index (χ1n) is 6.99. The monoisotopic (exact) mass is 367 g/mol. The number of carboxylic acid groups (broad SMARTS) is 1. The van der Waals surface area contributed by atoms with Crippen LogP contribution in [0.2, 0.25) is 0 Å². The standard InChI is InChI=1S/C16H17NO5S2/c1-3-4-10-5-9(7-12-15(20)17-16(23)24-12)6-11(21-2)14(10)22-8-13(18)19/h3,5-7,15,20H,1,4,8H2,2H3,(H,17,23)(H,18,19)/b12-7-. The lowest BCUT2D eigenvalue weighted by molar-refractivity contribution is -0.139. The smallest absolute Gasteiger partial charge is 0.341 e. The van der Waals surface area contributed by atoms with Gasteiger partial charge in [0.1, 0.15) is 4.32 Å². The molecule has 1 aromatic carbocycles. The van der Waals surface area contributed by atoms with E-state index < -0.39 is 18.8 Å². The van der Waals surface area contributed by atoms with Gasteiger partial charge in [-0.25, -0.2) is 4.79 Å². The minimum absolute atomic E-state index is 0.371. The van der Waals surface area contributed by atoms with Crippen LogP contribution in [0.5, 0.6) is 11.5 Å². The Labute approximate surface area is 149 Å². The first-order valence-corrected chi connectivity index (χ1v) is 8.21. The number of ether oxygens (including phenoxy) is 2. The topological polar surface area (TPSA) is 88.0 Å². The summed E-state index contributed by atoms with van der Waals surface area (Å²) in [5.74, 6) is -0.288. The lowest BCUT2D eigenvalue weighted by Crippen LogP contribution is -2.23. The van der Waals surface area contributed by atoms with Crippen molar-refractivity contribution in [1.82, 2.24) is 5.32 Å². The molecule has 1 unspecified atom stereocenters. The summed E-state index contributed by atoms with van der Waals surface area (Å²) in [6.45, 7) is 3.24. The van der Waals surface area contributed by atoms with Crippen LogP contribution in [0.25, 0.3) is 6.08 Å². The highest BCUT2D eigenvalue weighted by molar-refractivity contribution is 8.26. The molecule has 1 aliphatic heterocycles. The molecule has 1 aromatic rings. The third-order valence-corrected chi connectivity index (χ3v) is 4.37. The predicted molar refractivity (Wildman–Crippen MR) is 97.3 cm³/mol. The first kappa shape index (κ1) is 18.3. The van der Waals surface area contributed by atoms with Crippen LogP contribution < -0.4 is 14.8 Å². The number of aliphatic carboxylic acids is 1. The second-order valence-corrected chi connectivity index (χ2v) is 6.62. The minimum Gasteiger partial charge on any atom is -0.493 e. The van der Waals surface area contributed by atoms with Crippen molar-refractivity contribution in [1.29, 1.82) is 0 Å². The van der Waals surface area contributed by atoms with E-state index in [4.69, 9.17) is 26.8 Å². The van der Waals surface area contributed by atoms with Gasteiger partial charge in [0.2, 0.25) is 0 Å². The summed E-state index contributed by atoms with van der Waals surface area (Å²) >= 11 is 6.30. The van der Waals surface area contributed by atoms with Gasteiger partial charge in [-0.15, -0.1) is 6.58 Å². The van der Waals surface area contributed by atoms with E-state index in [0.717, 1.165) is 11.1 Å². The molecule has 0 bridgehead atoms. The van der Waals surface area contributed by atoms with Crippen LogP contribution in [0, 0.1) is 0 Å². The number of carbonyl (C=O) groups is 1. The maximum absolute atomic E-state index is 10.8. The fourth-order valence-corrected chi connectivity index (χ4v) is 3.32. The van der Waals surface area contributed by atoms with E-state index in [1.165, 1.54) is 18.9 Å². The van der Waals surface area contributed by atoms with Gasteiger partial charge in [0.15, 0.2) is 24.3 Å². The summed E-state index contributed by atoms with van der Waals surface area (Å²) in [6, 6.07) is 3.55. The van der Waals surface area contributed by atoms with Gasteiger partial charge in [0.05, 0.1) is 7.11 Å². The number of thioether (sulfide) groups is 1. The van der Waals surface area contributed by atoms with Crippen LogP contribution in [-0.4, -0.2) is 40.4 Å². The Balaban J connectivity index is 2.41. The molecule has 0 radical (unpaired) electrons. The van der Waals surface area contributed by atoms with Crippen molar-refractivity contribution in [2.45, 2.75) is 12.6 Å². The molecule has 128 valence electrons. The Hall–Kier alpha value is -2.03. The highest BCUT2D eigenvalue weighted by atomic mass is 32.2. The molecule has 1 aliphatic rings. The Morgan fingerprint density at radius 2 is 2.29 bits per heavy atom. The molecule has 1 fully saturated rings. The maximum Gasteiger partial charge on any atom is 0.341 e. The van der Waals surface area contributed by atoms with Crippen LogP contribution >= 0.6 is 24.0 Å². The summed E-state index contributed by atoms with van der Waals surface area (Å²) in [4.78, 5) is 11.4. The number of hydrogen-bond donors (Lipinski definition) is 3. The van der Waals surface area contributed by atoms with E-state index in [1.54, 1.807) is 18.2 Å². The number of benzene rings is 1. The van der Waals surface area contributed by atoms with E-state index in [2.05, 4.69) is 11.9 Å². The van der Waals surface area contributed by atoms with Gasteiger partial charge < -0.3 is 25.0 Å². The number of carboxylic acids is 1. The van der Waals surface area contributed by atoms with Crippen molar-refractivity contribution in [3.63, 3.8) is 0 Å². The van der Waals surface area contributed by atoms with Gasteiger partial charge in [0, 0.05) is 10.5 Å². The summed E-state index contributed by atoms with van der Waals surface area (Å²) in [5.41, 5.74) is 1.52. The summed E-state index contributed by atoms with van der Waals surface area (Å²) < 4.78 is 11.2. The average Bonchev–Trinajstić information content (AvgIpc) is 2.83. The first-order chi connectivity index (χ1) is 11.4. The zero-order valence-corrected chi connectivity index (χ0v) is 14.6. The molecule has 1 saturated heterocycles. The fourth-order valence-electron chi connectivity index (χ4n) is 2.17. The molecule has 8 heteroatoms. The molecule has 2 rings (SSSR count). The number of allylic oxidation sites excluding steroid dienone is 1. The lowest BCUT2D eigenvalue weighted by Gasteiger charge is -2.15. The van der Waals surface area contributed by atoms with E-state index >= 15 is 0 Å². The number of aliphatic hydroxyl groups excluding tert-OH is 1. The number of aliphatic hydroxyl groups is 1. The SMILES string of the molecule is C=CCc1cc(/C=C2\SC(=S)NC2O)cc(OC)c1OCC(=O)O. The van der Waals surface area contributed by atoms with Crippen LogP contribution in [0.4, 0.5) is 0 Å². The second kappa shape index (κ2) is 8.18. The molecule has 0 spiro atoms. The van der Waals surface area contributed by atoms with Crippen LogP contribution in [-0.2, 0) is 11.2 Å². The highest BCUT2D eigenvalue weighted by Crippen LogP contribution is 2.36. The van der Waals surface area contributed by atoms with Gasteiger partial charge in [-0.05, 0) is 30.2 Å².